The number of aliphatic imine (C=N–C) groups is 1. The Kier molecular flexibility index (Phi) is 3.70. The predicted molar refractivity (Wildman–Crippen MR) is 87.0 cm³/mol. The van der Waals surface area contributed by atoms with Crippen molar-refractivity contribution < 1.29 is 0 Å². The molecule has 2 aromatic carbocycles. The molecule has 0 fully saturated rings. The van der Waals surface area contributed by atoms with Gasteiger partial charge in [0.1, 0.15) is 5.69 Å². The number of para-hydroxylation sites is 1. The molecular weight excluding hydrogens is 315 g/mol. The molecule has 0 aliphatic carbocycles. The third-order valence-corrected chi connectivity index (χ3v) is 3.73. The average Bonchev–Trinajstić information content (AvgIpc) is 2.86. The van der Waals surface area contributed by atoms with Crippen molar-refractivity contribution in [2.75, 3.05) is 0 Å². The van der Waals surface area contributed by atoms with Crippen molar-refractivity contribution in [1.29, 1.82) is 0 Å². The fourth-order valence-corrected chi connectivity index (χ4v) is 2.92. The number of H-pyrrole nitrogens is 1. The van der Waals surface area contributed by atoms with Crippen molar-refractivity contribution in [3.8, 4) is 0 Å². The van der Waals surface area contributed by atoms with Crippen LogP contribution in [0.3, 0.4) is 0 Å². The van der Waals surface area contributed by atoms with E-state index in [9.17, 15) is 0 Å². The first-order chi connectivity index (χ1) is 9.65. The number of halogens is 3. The molecule has 0 spiro atoms. The van der Waals surface area contributed by atoms with Crippen molar-refractivity contribution in [1.82, 2.24) is 4.98 Å². The highest BCUT2D eigenvalue weighted by Gasteiger charge is 2.06. The summed E-state index contributed by atoms with van der Waals surface area (Å²) in [5.74, 6) is 0. The zero-order chi connectivity index (χ0) is 14.1. The van der Waals surface area contributed by atoms with Crippen molar-refractivity contribution in [3.63, 3.8) is 0 Å². The highest BCUT2D eigenvalue weighted by molar-refractivity contribution is 6.41. The number of aromatic nitrogens is 1. The van der Waals surface area contributed by atoms with Crippen LogP contribution in [-0.4, -0.2) is 11.2 Å². The van der Waals surface area contributed by atoms with Crippen LogP contribution in [0.15, 0.2) is 47.6 Å². The van der Waals surface area contributed by atoms with E-state index in [1.807, 2.05) is 30.5 Å². The minimum atomic E-state index is 0.428. The Morgan fingerprint density at radius 3 is 2.50 bits per heavy atom. The van der Waals surface area contributed by atoms with Crippen LogP contribution in [0.2, 0.25) is 15.1 Å². The van der Waals surface area contributed by atoms with E-state index in [1.165, 1.54) is 0 Å². The summed E-state index contributed by atoms with van der Waals surface area (Å²) in [6.07, 6.45) is 3.63. The maximum atomic E-state index is 6.11. The van der Waals surface area contributed by atoms with E-state index in [1.54, 1.807) is 18.3 Å². The lowest BCUT2D eigenvalue weighted by atomic mass is 10.1. The molecule has 0 saturated carbocycles. The summed E-state index contributed by atoms with van der Waals surface area (Å²) in [5.41, 5.74) is 2.51. The van der Waals surface area contributed by atoms with Crippen LogP contribution in [0.4, 0.5) is 5.69 Å². The molecule has 0 aliphatic heterocycles. The first kappa shape index (κ1) is 13.5. The SMILES string of the molecule is Clc1cc(Cl)c(/N=C/c2cccc3cc[nH]c23)c(Cl)c1. The minimum Gasteiger partial charge on any atom is -0.361 e. The van der Waals surface area contributed by atoms with E-state index in [0.717, 1.165) is 16.5 Å². The maximum absolute atomic E-state index is 6.11. The molecule has 20 heavy (non-hydrogen) atoms. The molecule has 2 nitrogen and oxygen atoms in total. The van der Waals surface area contributed by atoms with Gasteiger partial charge in [0.2, 0.25) is 0 Å². The average molecular weight is 324 g/mol. The molecule has 0 unspecified atom stereocenters. The molecule has 0 amide bonds. The summed E-state index contributed by atoms with van der Waals surface area (Å²) in [6, 6.07) is 11.2. The lowest BCUT2D eigenvalue weighted by Crippen LogP contribution is -1.83. The number of hydrogen-bond donors (Lipinski definition) is 1. The molecule has 0 aliphatic rings. The number of nitrogens with one attached hydrogen (secondary N) is 1. The Morgan fingerprint density at radius 2 is 1.75 bits per heavy atom. The fourth-order valence-electron chi connectivity index (χ4n) is 2.01. The molecule has 5 heteroatoms. The van der Waals surface area contributed by atoms with E-state index >= 15 is 0 Å². The van der Waals surface area contributed by atoms with Gasteiger partial charge in [-0.15, -0.1) is 0 Å². The number of fused-ring (bicyclic) bond motifs is 1. The molecule has 1 aromatic heterocycles. The molecule has 0 bridgehead atoms. The summed E-state index contributed by atoms with van der Waals surface area (Å²) in [5, 5.41) is 2.47. The van der Waals surface area contributed by atoms with Gasteiger partial charge < -0.3 is 4.98 Å². The molecule has 100 valence electrons. The summed E-state index contributed by atoms with van der Waals surface area (Å²) < 4.78 is 0. The predicted octanol–water partition coefficient (Wildman–Crippen LogP) is 5.88. The van der Waals surface area contributed by atoms with E-state index < -0.39 is 0 Å². The Balaban J connectivity index is 2.05. The zero-order valence-corrected chi connectivity index (χ0v) is 12.5. The van der Waals surface area contributed by atoms with Gasteiger partial charge in [-0.1, -0.05) is 53.0 Å². The van der Waals surface area contributed by atoms with E-state index in [-0.39, 0.29) is 0 Å². The van der Waals surface area contributed by atoms with Gasteiger partial charge in [0.25, 0.3) is 0 Å². The molecule has 1 N–H and O–H groups in total. The van der Waals surface area contributed by atoms with Crippen LogP contribution in [0.1, 0.15) is 5.56 Å². The summed E-state index contributed by atoms with van der Waals surface area (Å²) in [6.45, 7) is 0. The van der Waals surface area contributed by atoms with Gasteiger partial charge in [-0.2, -0.15) is 0 Å². The van der Waals surface area contributed by atoms with Crippen LogP contribution in [0.5, 0.6) is 0 Å². The van der Waals surface area contributed by atoms with Crippen LogP contribution >= 0.6 is 34.8 Å². The Morgan fingerprint density at radius 1 is 1.00 bits per heavy atom. The zero-order valence-electron chi connectivity index (χ0n) is 10.2. The summed E-state index contributed by atoms with van der Waals surface area (Å²) >= 11 is 18.1. The van der Waals surface area contributed by atoms with E-state index in [4.69, 9.17) is 34.8 Å². The highest BCUT2D eigenvalue weighted by Crippen LogP contribution is 2.36. The van der Waals surface area contributed by atoms with Gasteiger partial charge in [0.05, 0.1) is 15.6 Å². The standard InChI is InChI=1S/C15H9Cl3N2/c16-11-6-12(17)15(13(18)7-11)20-8-10-3-1-2-9-4-5-19-14(9)10/h1-8,19H/b20-8+. The second-order valence-electron chi connectivity index (χ2n) is 4.27. The number of rotatable bonds is 2. The summed E-state index contributed by atoms with van der Waals surface area (Å²) in [4.78, 5) is 7.56. The smallest absolute Gasteiger partial charge is 0.100 e. The Labute approximate surface area is 131 Å². The van der Waals surface area contributed by atoms with Gasteiger partial charge in [-0.3, -0.25) is 4.99 Å². The topological polar surface area (TPSA) is 28.1 Å². The minimum absolute atomic E-state index is 0.428. The van der Waals surface area contributed by atoms with Crippen LogP contribution < -0.4 is 0 Å². The van der Waals surface area contributed by atoms with E-state index in [2.05, 4.69) is 9.98 Å². The van der Waals surface area contributed by atoms with Crippen molar-refractivity contribution in [2.24, 2.45) is 4.99 Å². The van der Waals surface area contributed by atoms with Crippen molar-refractivity contribution in [2.45, 2.75) is 0 Å². The molecule has 0 saturated heterocycles. The van der Waals surface area contributed by atoms with Gasteiger partial charge in [0.15, 0.2) is 0 Å². The van der Waals surface area contributed by atoms with Crippen molar-refractivity contribution >= 4 is 57.6 Å². The second kappa shape index (κ2) is 5.49. The first-order valence-corrected chi connectivity index (χ1v) is 7.03. The fraction of sp³-hybridized carbons (Fsp3) is 0. The molecule has 3 rings (SSSR count). The van der Waals surface area contributed by atoms with Gasteiger partial charge in [-0.05, 0) is 18.2 Å². The van der Waals surface area contributed by atoms with Gasteiger partial charge in [-0.25, -0.2) is 0 Å². The lowest BCUT2D eigenvalue weighted by molar-refractivity contribution is 1.46. The third-order valence-electron chi connectivity index (χ3n) is 2.93. The lowest BCUT2D eigenvalue weighted by Gasteiger charge is -2.02. The van der Waals surface area contributed by atoms with Crippen LogP contribution in [0, 0.1) is 0 Å². The number of benzene rings is 2. The van der Waals surface area contributed by atoms with Gasteiger partial charge in [0, 0.05) is 28.4 Å². The number of aromatic amines is 1. The maximum Gasteiger partial charge on any atom is 0.100 e. The molecule has 3 aromatic rings. The second-order valence-corrected chi connectivity index (χ2v) is 5.52. The summed E-state index contributed by atoms with van der Waals surface area (Å²) in [7, 11) is 0. The van der Waals surface area contributed by atoms with Crippen molar-refractivity contribution in [3.05, 3.63) is 63.2 Å². The molecule has 1 heterocycles. The monoisotopic (exact) mass is 322 g/mol. The molecule has 0 radical (unpaired) electrons. The Hall–Kier alpha value is -1.48. The Bertz CT molecular complexity index is 783. The molecular formula is C15H9Cl3N2. The quantitative estimate of drug-likeness (QED) is 0.571. The first-order valence-electron chi connectivity index (χ1n) is 5.90. The largest absolute Gasteiger partial charge is 0.361 e. The molecule has 0 atom stereocenters. The van der Waals surface area contributed by atoms with E-state index in [0.29, 0.717) is 20.8 Å². The highest BCUT2D eigenvalue weighted by atomic mass is 35.5. The van der Waals surface area contributed by atoms with Crippen LogP contribution in [-0.2, 0) is 0 Å². The van der Waals surface area contributed by atoms with Crippen LogP contribution in [0.25, 0.3) is 10.9 Å². The third kappa shape index (κ3) is 2.55. The van der Waals surface area contributed by atoms with Gasteiger partial charge >= 0.3 is 0 Å². The number of nitrogens with zero attached hydrogens (tertiary/aromatic N) is 1. The number of hydrogen-bond acceptors (Lipinski definition) is 1. The normalized spacial score (nSPS) is 11.6.